The lowest BCUT2D eigenvalue weighted by atomic mass is 9.99. The van der Waals surface area contributed by atoms with Crippen molar-refractivity contribution < 1.29 is 80.2 Å². The molecule has 0 aromatic carbocycles. The Balaban J connectivity index is 5.28. The molecule has 0 fully saturated rings. The molecule has 0 heterocycles. The van der Waals surface area contributed by atoms with Gasteiger partial charge in [-0.3, -0.25) is 37.3 Å². The largest absolute Gasteiger partial charge is 0.472 e. The van der Waals surface area contributed by atoms with Crippen molar-refractivity contribution in [1.29, 1.82) is 0 Å². The van der Waals surface area contributed by atoms with Crippen molar-refractivity contribution in [2.75, 3.05) is 39.6 Å². The highest BCUT2D eigenvalue weighted by molar-refractivity contribution is 7.47. The lowest BCUT2D eigenvalue weighted by Gasteiger charge is -2.21. The zero-order chi connectivity index (χ0) is 68.7. The van der Waals surface area contributed by atoms with Crippen LogP contribution < -0.4 is 0 Å². The number of phosphoric acid groups is 2. The van der Waals surface area contributed by atoms with E-state index in [4.69, 9.17) is 37.0 Å². The minimum absolute atomic E-state index is 0.106. The quantitative estimate of drug-likeness (QED) is 0.0222. The number of aliphatic hydroxyl groups is 1. The van der Waals surface area contributed by atoms with Crippen LogP contribution in [-0.4, -0.2) is 96.7 Å². The van der Waals surface area contributed by atoms with Crippen molar-refractivity contribution in [2.45, 2.75) is 394 Å². The Morgan fingerprint density at radius 1 is 0.312 bits per heavy atom. The first-order chi connectivity index (χ1) is 44.8. The molecule has 0 aromatic heterocycles. The average Bonchev–Trinajstić information content (AvgIpc) is 1.90. The van der Waals surface area contributed by atoms with Crippen molar-refractivity contribution in [2.24, 2.45) is 17.8 Å². The van der Waals surface area contributed by atoms with E-state index >= 15 is 0 Å². The molecule has 7 atom stereocenters. The van der Waals surface area contributed by atoms with Crippen LogP contribution in [0.25, 0.3) is 0 Å². The van der Waals surface area contributed by atoms with Gasteiger partial charge in [0, 0.05) is 25.7 Å². The van der Waals surface area contributed by atoms with Gasteiger partial charge < -0.3 is 33.8 Å². The summed E-state index contributed by atoms with van der Waals surface area (Å²) in [5.74, 6) is 0.259. The topological polar surface area (TPSA) is 237 Å². The molecule has 0 aliphatic rings. The van der Waals surface area contributed by atoms with Gasteiger partial charge in [0.2, 0.25) is 0 Å². The molecule has 19 heteroatoms. The molecule has 0 radical (unpaired) electrons. The standard InChI is InChI=1S/C74H144O17P2/c1-8-11-12-13-14-15-17-27-34-41-48-55-71(76)84-61-70(91-74(79)58-51-44-37-30-23-21-26-33-40-47-54-67(7)10-3)64-89-93(82,83)87-60-68(75)59-86-92(80,81)88-63-69(90-73(78)57-50-43-36-29-19-16-18-24-31-38-45-52-65(4)5)62-85-72(77)56-49-42-35-28-22-20-25-32-39-46-53-66(6)9-2/h65-70,75H,8-64H2,1-7H3,(H,80,81)(H,82,83)/t66?,67?,68-,69-,70-/m1/s1. The van der Waals surface area contributed by atoms with E-state index in [1.807, 2.05) is 0 Å². The summed E-state index contributed by atoms with van der Waals surface area (Å²) in [5.41, 5.74) is 0. The van der Waals surface area contributed by atoms with Gasteiger partial charge >= 0.3 is 39.5 Å². The van der Waals surface area contributed by atoms with Gasteiger partial charge in [-0.05, 0) is 43.4 Å². The highest BCUT2D eigenvalue weighted by Gasteiger charge is 2.30. The van der Waals surface area contributed by atoms with E-state index in [9.17, 15) is 43.2 Å². The Labute approximate surface area is 568 Å². The smallest absolute Gasteiger partial charge is 0.462 e. The molecule has 3 N–H and O–H groups in total. The summed E-state index contributed by atoms with van der Waals surface area (Å²) in [7, 11) is -9.91. The van der Waals surface area contributed by atoms with Crippen LogP contribution in [0.2, 0.25) is 0 Å². The number of ether oxygens (including phenoxy) is 4. The van der Waals surface area contributed by atoms with E-state index in [2.05, 4.69) is 48.5 Å². The highest BCUT2D eigenvalue weighted by atomic mass is 31.2. The van der Waals surface area contributed by atoms with E-state index in [0.717, 1.165) is 108 Å². The maximum Gasteiger partial charge on any atom is 0.472 e. The summed E-state index contributed by atoms with van der Waals surface area (Å²) in [6, 6.07) is 0. The van der Waals surface area contributed by atoms with Crippen LogP contribution in [-0.2, 0) is 65.4 Å². The summed E-state index contributed by atoms with van der Waals surface area (Å²) < 4.78 is 68.5. The van der Waals surface area contributed by atoms with Gasteiger partial charge in [-0.15, -0.1) is 0 Å². The molecule has 0 rings (SSSR count). The molecule has 93 heavy (non-hydrogen) atoms. The van der Waals surface area contributed by atoms with E-state index in [-0.39, 0.29) is 25.7 Å². The number of hydrogen-bond acceptors (Lipinski definition) is 15. The highest BCUT2D eigenvalue weighted by Crippen LogP contribution is 2.45. The molecule has 0 aliphatic carbocycles. The SMILES string of the molecule is CCCCCCCCCCCCCC(=O)OC[C@H](COP(=O)(O)OC[C@H](O)COP(=O)(O)OC[C@@H](COC(=O)CCCCCCCCCCCCC(C)CC)OC(=O)CCCCCCCCCCCCCC(C)C)OC(=O)CCCCCCCCCCCCC(C)CC. The molecule has 17 nitrogen and oxygen atoms in total. The van der Waals surface area contributed by atoms with E-state index in [1.54, 1.807) is 0 Å². The predicted molar refractivity (Wildman–Crippen MR) is 377 cm³/mol. The molecule has 552 valence electrons. The summed E-state index contributed by atoms with van der Waals surface area (Å²) in [6.45, 7) is 11.9. The molecular weight excluding hydrogens is 1220 g/mol. The third kappa shape index (κ3) is 65.8. The van der Waals surface area contributed by atoms with Crippen LogP contribution in [0.1, 0.15) is 376 Å². The van der Waals surface area contributed by atoms with Crippen molar-refractivity contribution in [3.63, 3.8) is 0 Å². The third-order valence-electron chi connectivity index (χ3n) is 17.9. The molecular formula is C74H144O17P2. The molecule has 0 bridgehead atoms. The van der Waals surface area contributed by atoms with E-state index in [0.29, 0.717) is 25.7 Å². The van der Waals surface area contributed by atoms with Crippen LogP contribution in [0.4, 0.5) is 0 Å². The molecule has 0 spiro atoms. The molecule has 0 amide bonds. The van der Waals surface area contributed by atoms with Gasteiger partial charge in [-0.2, -0.15) is 0 Å². The number of hydrogen-bond donors (Lipinski definition) is 3. The number of aliphatic hydroxyl groups excluding tert-OH is 1. The Bertz CT molecular complexity index is 1820. The fourth-order valence-corrected chi connectivity index (χ4v) is 12.8. The second-order valence-electron chi connectivity index (χ2n) is 27.6. The second-order valence-corrected chi connectivity index (χ2v) is 30.6. The van der Waals surface area contributed by atoms with Crippen LogP contribution in [0.15, 0.2) is 0 Å². The van der Waals surface area contributed by atoms with Gasteiger partial charge in [-0.1, -0.05) is 325 Å². The first kappa shape index (κ1) is 91.1. The average molecular weight is 1370 g/mol. The Hall–Kier alpha value is -1.94. The summed E-state index contributed by atoms with van der Waals surface area (Å²) in [5, 5.41) is 10.6. The fourth-order valence-electron chi connectivity index (χ4n) is 11.2. The lowest BCUT2D eigenvalue weighted by Crippen LogP contribution is -2.30. The third-order valence-corrected chi connectivity index (χ3v) is 19.8. The fraction of sp³-hybridized carbons (Fsp3) is 0.946. The number of phosphoric ester groups is 2. The lowest BCUT2D eigenvalue weighted by molar-refractivity contribution is -0.161. The van der Waals surface area contributed by atoms with Crippen LogP contribution in [0, 0.1) is 17.8 Å². The monoisotopic (exact) mass is 1370 g/mol. The Kier molecular flexibility index (Phi) is 63.4. The van der Waals surface area contributed by atoms with Crippen molar-refractivity contribution in [3.05, 3.63) is 0 Å². The van der Waals surface area contributed by atoms with Crippen molar-refractivity contribution in [1.82, 2.24) is 0 Å². The molecule has 0 saturated heterocycles. The van der Waals surface area contributed by atoms with E-state index < -0.39 is 97.5 Å². The molecule has 4 unspecified atom stereocenters. The van der Waals surface area contributed by atoms with Gasteiger partial charge in [0.25, 0.3) is 0 Å². The number of unbranched alkanes of at least 4 members (excludes halogenated alkanes) is 38. The first-order valence-electron chi connectivity index (χ1n) is 38.4. The van der Waals surface area contributed by atoms with E-state index in [1.165, 1.54) is 186 Å². The number of rotatable bonds is 72. The Morgan fingerprint density at radius 2 is 0.548 bits per heavy atom. The van der Waals surface area contributed by atoms with Gasteiger partial charge in [-0.25, -0.2) is 9.13 Å². The summed E-state index contributed by atoms with van der Waals surface area (Å²) >= 11 is 0. The Morgan fingerprint density at radius 3 is 0.817 bits per heavy atom. The van der Waals surface area contributed by atoms with Gasteiger partial charge in [0.05, 0.1) is 26.4 Å². The molecule has 0 aromatic rings. The minimum atomic E-state index is -4.96. The maximum atomic E-state index is 13.1. The summed E-state index contributed by atoms with van der Waals surface area (Å²) in [4.78, 5) is 72.8. The number of esters is 4. The zero-order valence-corrected chi connectivity index (χ0v) is 62.5. The summed E-state index contributed by atoms with van der Waals surface area (Å²) in [6.07, 6.45) is 49.6. The first-order valence-corrected chi connectivity index (χ1v) is 41.4. The maximum absolute atomic E-state index is 13.1. The number of carbonyl (C=O) groups excluding carboxylic acids is 4. The normalized spacial score (nSPS) is 14.7. The van der Waals surface area contributed by atoms with Gasteiger partial charge in [0.1, 0.15) is 19.3 Å². The van der Waals surface area contributed by atoms with Gasteiger partial charge in [0.15, 0.2) is 12.2 Å². The van der Waals surface area contributed by atoms with Crippen molar-refractivity contribution >= 4 is 39.5 Å². The predicted octanol–water partition coefficient (Wildman–Crippen LogP) is 21.4. The zero-order valence-electron chi connectivity index (χ0n) is 60.7. The van der Waals surface area contributed by atoms with Crippen molar-refractivity contribution in [3.8, 4) is 0 Å². The van der Waals surface area contributed by atoms with Crippen LogP contribution >= 0.6 is 15.6 Å². The molecule has 0 saturated carbocycles. The second kappa shape index (κ2) is 64.7. The molecule has 0 aliphatic heterocycles. The minimum Gasteiger partial charge on any atom is -0.462 e. The number of carbonyl (C=O) groups is 4. The van der Waals surface area contributed by atoms with Crippen LogP contribution in [0.5, 0.6) is 0 Å². The van der Waals surface area contributed by atoms with Crippen LogP contribution in [0.3, 0.4) is 0 Å².